The first-order valence-electron chi connectivity index (χ1n) is 12.8. The molecule has 0 saturated carbocycles. The van der Waals surface area contributed by atoms with Crippen LogP contribution in [0.5, 0.6) is 11.5 Å². The number of H-pyrrole nitrogens is 1. The normalized spacial score (nSPS) is 17.9. The highest BCUT2D eigenvalue weighted by atomic mass is 35.5. The molecule has 0 radical (unpaired) electrons. The first kappa shape index (κ1) is 25.1. The van der Waals surface area contributed by atoms with E-state index in [-0.39, 0.29) is 11.1 Å². The molecule has 200 valence electrons. The fourth-order valence-corrected chi connectivity index (χ4v) is 5.37. The monoisotopic (exact) mass is 547 g/mol. The number of amides is 1. The number of nitrogens with zero attached hydrogens (tertiary/aromatic N) is 3. The lowest BCUT2D eigenvalue weighted by molar-refractivity contribution is 0.135. The number of ether oxygens (including phenoxy) is 2. The number of nitrogens with two attached hydrogens (primary N) is 1. The van der Waals surface area contributed by atoms with Gasteiger partial charge in [-0.2, -0.15) is 5.10 Å². The van der Waals surface area contributed by atoms with Crippen LogP contribution < -0.4 is 25.8 Å². The van der Waals surface area contributed by atoms with Crippen molar-refractivity contribution in [3.05, 3.63) is 94.0 Å². The Morgan fingerprint density at radius 2 is 1.90 bits per heavy atom. The number of carbonyl (C=O) groups is 1. The van der Waals surface area contributed by atoms with Gasteiger partial charge in [0.05, 0.1) is 11.9 Å². The summed E-state index contributed by atoms with van der Waals surface area (Å²) in [6.07, 6.45) is 6.88. The van der Waals surface area contributed by atoms with Crippen LogP contribution in [-0.2, 0) is 13.0 Å². The molecule has 2 aliphatic rings. The molecule has 0 fully saturated rings. The number of nitrogens with one attached hydrogen (secondary N) is 1. The third-order valence-corrected chi connectivity index (χ3v) is 7.30. The topological polar surface area (TPSA) is 98.4 Å². The van der Waals surface area contributed by atoms with Crippen LogP contribution in [0.15, 0.2) is 60.8 Å². The molecular weight excluding hydrogens is 521 g/mol. The molecule has 0 spiro atoms. The fraction of sp³-hybridized carbons (Fsp3) is 0.241. The molecule has 3 N–H and O–H groups in total. The maximum Gasteiger partial charge on any atom is 0.416 e. The van der Waals surface area contributed by atoms with E-state index in [9.17, 15) is 9.18 Å². The Hall–Kier alpha value is -4.24. The van der Waals surface area contributed by atoms with Gasteiger partial charge < -0.3 is 20.2 Å². The molecule has 10 heteroatoms. The zero-order valence-corrected chi connectivity index (χ0v) is 21.8. The molecule has 8 nitrogen and oxygen atoms in total. The summed E-state index contributed by atoms with van der Waals surface area (Å²) < 4.78 is 26.6. The third-order valence-electron chi connectivity index (χ3n) is 6.99. The summed E-state index contributed by atoms with van der Waals surface area (Å²) in [5.41, 5.74) is 8.66. The van der Waals surface area contributed by atoms with E-state index in [0.717, 1.165) is 33.8 Å². The van der Waals surface area contributed by atoms with Crippen molar-refractivity contribution in [1.29, 1.82) is 0 Å². The van der Waals surface area contributed by atoms with Crippen LogP contribution in [0, 0.1) is 5.82 Å². The average Bonchev–Trinajstić information content (AvgIpc) is 3.52. The first-order chi connectivity index (χ1) is 18.9. The van der Waals surface area contributed by atoms with Gasteiger partial charge in [0.15, 0.2) is 0 Å². The Morgan fingerprint density at radius 3 is 2.64 bits per heavy atom. The number of aromatic nitrogens is 3. The van der Waals surface area contributed by atoms with Crippen molar-refractivity contribution in [1.82, 2.24) is 19.7 Å². The quantitative estimate of drug-likeness (QED) is 0.358. The van der Waals surface area contributed by atoms with Crippen LogP contribution in [0.4, 0.5) is 15.0 Å². The van der Waals surface area contributed by atoms with Gasteiger partial charge >= 0.3 is 6.09 Å². The van der Waals surface area contributed by atoms with Gasteiger partial charge in [0.2, 0.25) is 0 Å². The number of anilines is 1. The predicted molar refractivity (Wildman–Crippen MR) is 146 cm³/mol. The number of rotatable bonds is 6. The molecule has 2 aromatic heterocycles. The van der Waals surface area contributed by atoms with Crippen molar-refractivity contribution >= 4 is 35.7 Å². The Balaban J connectivity index is 1.28. The molecule has 1 amide bonds. The maximum atomic E-state index is 13.4. The van der Waals surface area contributed by atoms with Gasteiger partial charge in [0, 0.05) is 29.0 Å². The van der Waals surface area contributed by atoms with Crippen LogP contribution in [-0.4, -0.2) is 44.3 Å². The Labute approximate surface area is 229 Å². The number of hydrogen-bond acceptors (Lipinski definition) is 5. The highest BCUT2D eigenvalue weighted by molar-refractivity contribution is 6.24. The number of alkyl halides is 1. The lowest BCUT2D eigenvalue weighted by Crippen LogP contribution is -2.43. The SMILES string of the molecule is Nc1ccn(CCOc2ccc(C3c4[nH]c5c(c4CCN3C(=O)Oc3ccc(F)cc3)=CC(Cl)CC=5)cc2)n1. The van der Waals surface area contributed by atoms with Gasteiger partial charge in [-0.1, -0.05) is 24.3 Å². The van der Waals surface area contributed by atoms with Crippen LogP contribution in [0.1, 0.15) is 29.3 Å². The number of nitrogen functional groups attached to an aromatic ring is 1. The van der Waals surface area contributed by atoms with Gasteiger partial charge in [-0.3, -0.25) is 9.58 Å². The number of fused-ring (bicyclic) bond motifs is 3. The van der Waals surface area contributed by atoms with Crippen LogP contribution in [0.2, 0.25) is 0 Å². The van der Waals surface area contributed by atoms with Gasteiger partial charge in [-0.25, -0.2) is 9.18 Å². The van der Waals surface area contributed by atoms with Crippen molar-refractivity contribution in [2.75, 3.05) is 18.9 Å². The Morgan fingerprint density at radius 1 is 1.13 bits per heavy atom. The summed E-state index contributed by atoms with van der Waals surface area (Å²) in [6, 6.07) is 14.4. The van der Waals surface area contributed by atoms with E-state index in [4.69, 9.17) is 26.8 Å². The molecule has 2 aromatic carbocycles. The highest BCUT2D eigenvalue weighted by Crippen LogP contribution is 2.34. The van der Waals surface area contributed by atoms with E-state index in [1.807, 2.05) is 24.3 Å². The minimum Gasteiger partial charge on any atom is -0.492 e. The number of halogens is 2. The predicted octanol–water partition coefficient (Wildman–Crippen LogP) is 3.73. The first-order valence-corrected chi connectivity index (χ1v) is 13.2. The second-order valence-corrected chi connectivity index (χ2v) is 10.1. The molecule has 39 heavy (non-hydrogen) atoms. The third kappa shape index (κ3) is 5.22. The maximum absolute atomic E-state index is 13.4. The molecule has 2 unspecified atom stereocenters. The van der Waals surface area contributed by atoms with E-state index in [1.54, 1.807) is 21.8 Å². The largest absolute Gasteiger partial charge is 0.492 e. The summed E-state index contributed by atoms with van der Waals surface area (Å²) in [4.78, 5) is 18.7. The second-order valence-electron chi connectivity index (χ2n) is 9.56. The van der Waals surface area contributed by atoms with Crippen molar-refractivity contribution < 1.29 is 18.7 Å². The summed E-state index contributed by atoms with van der Waals surface area (Å²) in [5.74, 6) is 1.06. The standard InChI is InChI=1S/C29H27ClFN5O3/c30-19-3-10-25-24(17-19)23-11-14-36(29(37)39-22-8-4-20(31)5-9-22)28(27(23)33-25)18-1-6-21(7-2-18)38-16-15-35-13-12-26(32)34-35/h1-2,4-10,12-13,17,19,28,33H,3,11,14-16H2,(H2,32,34). The highest BCUT2D eigenvalue weighted by Gasteiger charge is 2.35. The molecule has 1 aliphatic heterocycles. The van der Waals surface area contributed by atoms with Gasteiger partial charge in [-0.05, 0) is 66.4 Å². The molecule has 2 atom stereocenters. The summed E-state index contributed by atoms with van der Waals surface area (Å²) >= 11 is 6.44. The fourth-order valence-electron chi connectivity index (χ4n) is 5.16. The zero-order valence-electron chi connectivity index (χ0n) is 21.0. The number of benzene rings is 2. The molecule has 1 aliphatic carbocycles. The Kier molecular flexibility index (Phi) is 6.74. The molecule has 3 heterocycles. The van der Waals surface area contributed by atoms with E-state index in [1.165, 1.54) is 24.3 Å². The van der Waals surface area contributed by atoms with E-state index < -0.39 is 18.0 Å². The molecule has 0 saturated heterocycles. The van der Waals surface area contributed by atoms with E-state index in [2.05, 4.69) is 22.2 Å². The van der Waals surface area contributed by atoms with Gasteiger partial charge in [-0.15, -0.1) is 11.6 Å². The minimum absolute atomic E-state index is 0.0630. The number of hydrogen-bond donors (Lipinski definition) is 2. The van der Waals surface area contributed by atoms with E-state index >= 15 is 0 Å². The Bertz CT molecular complexity index is 1610. The van der Waals surface area contributed by atoms with E-state index in [0.29, 0.717) is 37.7 Å². The lowest BCUT2D eigenvalue weighted by atomic mass is 9.92. The van der Waals surface area contributed by atoms with Crippen molar-refractivity contribution in [2.45, 2.75) is 30.8 Å². The summed E-state index contributed by atoms with van der Waals surface area (Å²) in [6.45, 7) is 1.45. The molecule has 0 bridgehead atoms. The smallest absolute Gasteiger partial charge is 0.416 e. The average molecular weight is 548 g/mol. The van der Waals surface area contributed by atoms with Gasteiger partial charge in [0.25, 0.3) is 0 Å². The zero-order chi connectivity index (χ0) is 26.9. The number of aromatic amines is 1. The van der Waals surface area contributed by atoms with Crippen LogP contribution in [0.3, 0.4) is 0 Å². The molecule has 4 aromatic rings. The summed E-state index contributed by atoms with van der Waals surface area (Å²) in [5, 5.41) is 6.22. The summed E-state index contributed by atoms with van der Waals surface area (Å²) in [7, 11) is 0. The van der Waals surface area contributed by atoms with Crippen molar-refractivity contribution in [3.63, 3.8) is 0 Å². The number of carbonyl (C=O) groups excluding carboxylic acids is 1. The lowest BCUT2D eigenvalue weighted by Gasteiger charge is -2.35. The van der Waals surface area contributed by atoms with Crippen molar-refractivity contribution in [2.24, 2.45) is 0 Å². The molecular formula is C29H27ClFN5O3. The van der Waals surface area contributed by atoms with Crippen LogP contribution in [0.25, 0.3) is 12.2 Å². The van der Waals surface area contributed by atoms with Gasteiger partial charge in [0.1, 0.15) is 35.8 Å². The molecule has 6 rings (SSSR count). The second kappa shape index (κ2) is 10.5. The van der Waals surface area contributed by atoms with Crippen molar-refractivity contribution in [3.8, 4) is 11.5 Å². The van der Waals surface area contributed by atoms with Crippen LogP contribution >= 0.6 is 11.6 Å². The minimum atomic E-state index is -0.508.